The summed E-state index contributed by atoms with van der Waals surface area (Å²) in [5, 5.41) is 9.41. The van der Waals surface area contributed by atoms with Gasteiger partial charge in [0.2, 0.25) is 0 Å². The van der Waals surface area contributed by atoms with Gasteiger partial charge in [0.15, 0.2) is 0 Å². The van der Waals surface area contributed by atoms with Crippen LogP contribution >= 0.6 is 0 Å². The number of pyridine rings is 1. The molecule has 1 aliphatic rings. The second kappa shape index (κ2) is 10.3. The van der Waals surface area contributed by atoms with Gasteiger partial charge in [-0.15, -0.1) is 0 Å². The summed E-state index contributed by atoms with van der Waals surface area (Å²) in [6.45, 7) is 9.42. The molecule has 1 heterocycles. The minimum absolute atomic E-state index is 0.00939. The van der Waals surface area contributed by atoms with E-state index in [2.05, 4.69) is 20.9 Å². The van der Waals surface area contributed by atoms with Crippen LogP contribution in [0.15, 0.2) is 42.5 Å². The van der Waals surface area contributed by atoms with Gasteiger partial charge in [-0.3, -0.25) is 4.79 Å². The molecule has 2 atom stereocenters. The first-order valence-corrected chi connectivity index (χ1v) is 11.9. The first-order valence-electron chi connectivity index (χ1n) is 11.9. The number of nitrogens with one attached hydrogen (secondary N) is 3. The molecule has 0 radical (unpaired) electrons. The van der Waals surface area contributed by atoms with Gasteiger partial charge in [-0.25, -0.2) is 9.78 Å². The van der Waals surface area contributed by atoms with E-state index < -0.39 is 17.2 Å². The smallest absolute Gasteiger partial charge is 0.407 e. The summed E-state index contributed by atoms with van der Waals surface area (Å²) in [6.07, 6.45) is 3.39. The van der Waals surface area contributed by atoms with E-state index in [0.717, 1.165) is 31.2 Å². The van der Waals surface area contributed by atoms with Gasteiger partial charge < -0.3 is 26.4 Å². The molecule has 5 N–H and O–H groups in total. The third-order valence-corrected chi connectivity index (χ3v) is 5.89. The van der Waals surface area contributed by atoms with Crippen LogP contribution in [0.3, 0.4) is 0 Å². The van der Waals surface area contributed by atoms with E-state index in [4.69, 9.17) is 10.5 Å². The second-order valence-electron chi connectivity index (χ2n) is 10.4. The molecule has 1 aliphatic carbocycles. The van der Waals surface area contributed by atoms with E-state index in [-0.39, 0.29) is 23.8 Å². The Bertz CT molecular complexity index is 1000. The predicted octanol–water partition coefficient (Wildman–Crippen LogP) is 4.58. The maximum Gasteiger partial charge on any atom is 0.407 e. The van der Waals surface area contributed by atoms with Crippen molar-refractivity contribution in [2.75, 3.05) is 11.1 Å². The quantitative estimate of drug-likeness (QED) is 0.494. The van der Waals surface area contributed by atoms with Crippen molar-refractivity contribution in [3.8, 4) is 0 Å². The molecule has 1 aromatic heterocycles. The number of anilines is 2. The number of hydrogen-bond donors (Lipinski definition) is 4. The first kappa shape index (κ1) is 25.3. The molecule has 8 nitrogen and oxygen atoms in total. The van der Waals surface area contributed by atoms with Crippen molar-refractivity contribution in [2.45, 2.75) is 83.5 Å². The van der Waals surface area contributed by atoms with Crippen LogP contribution in [0.4, 0.5) is 16.4 Å². The van der Waals surface area contributed by atoms with Crippen LogP contribution in [-0.4, -0.2) is 34.7 Å². The number of alkyl carbamates (subject to hydrolysis) is 1. The van der Waals surface area contributed by atoms with Gasteiger partial charge >= 0.3 is 6.09 Å². The van der Waals surface area contributed by atoms with Gasteiger partial charge in [0.05, 0.1) is 17.1 Å². The largest absolute Gasteiger partial charge is 0.444 e. The molecule has 34 heavy (non-hydrogen) atoms. The van der Waals surface area contributed by atoms with E-state index >= 15 is 0 Å². The van der Waals surface area contributed by atoms with Crippen molar-refractivity contribution in [1.29, 1.82) is 0 Å². The third kappa shape index (κ3) is 6.85. The van der Waals surface area contributed by atoms with Crippen molar-refractivity contribution in [2.24, 2.45) is 0 Å². The van der Waals surface area contributed by atoms with Crippen molar-refractivity contribution >= 4 is 23.6 Å². The van der Waals surface area contributed by atoms with Crippen molar-refractivity contribution in [3.05, 3.63) is 53.6 Å². The zero-order valence-electron chi connectivity index (χ0n) is 20.8. The highest BCUT2D eigenvalue weighted by Gasteiger charge is 2.29. The van der Waals surface area contributed by atoms with E-state index in [0.29, 0.717) is 11.4 Å². The molecule has 1 aromatic carbocycles. The lowest BCUT2D eigenvalue weighted by Crippen LogP contribution is -2.49. The molecule has 0 unspecified atom stereocenters. The maximum absolute atomic E-state index is 12.9. The average Bonchev–Trinajstić information content (AvgIpc) is 2.74. The minimum atomic E-state index is -0.565. The Kier molecular flexibility index (Phi) is 7.69. The SMILES string of the molecule is CC(C)(C)OC(=O)N[C@H]1CCCC[C@H]1Nc1ccc(C(=O)NC(C)(C)c2ccccc2)c(N)n1. The number of hydrogen-bond acceptors (Lipinski definition) is 6. The fourth-order valence-electron chi connectivity index (χ4n) is 4.15. The zero-order chi connectivity index (χ0) is 24.9. The number of amides is 2. The van der Waals surface area contributed by atoms with Crippen LogP contribution in [-0.2, 0) is 10.3 Å². The van der Waals surface area contributed by atoms with E-state index in [1.54, 1.807) is 12.1 Å². The summed E-state index contributed by atoms with van der Waals surface area (Å²) in [4.78, 5) is 29.6. The molecule has 0 saturated heterocycles. The standard InChI is InChI=1S/C26H37N5O3/c1-25(2,3)34-24(33)29-20-14-10-9-13-19(20)28-21-16-15-18(22(27)30-21)23(32)31-26(4,5)17-11-7-6-8-12-17/h6-8,11-12,15-16,19-20H,9-10,13-14H2,1-5H3,(H,29,33)(H,31,32)(H3,27,28,30)/t19-,20+/m1/s1. The molecule has 184 valence electrons. The van der Waals surface area contributed by atoms with Gasteiger partial charge in [-0.1, -0.05) is 43.2 Å². The summed E-state index contributed by atoms with van der Waals surface area (Å²) in [6, 6.07) is 13.1. The molecule has 2 amide bonds. The third-order valence-electron chi connectivity index (χ3n) is 5.89. The van der Waals surface area contributed by atoms with E-state index in [1.165, 1.54) is 0 Å². The normalized spacial score (nSPS) is 18.6. The van der Waals surface area contributed by atoms with Crippen LogP contribution < -0.4 is 21.7 Å². The lowest BCUT2D eigenvalue weighted by Gasteiger charge is -2.33. The van der Waals surface area contributed by atoms with Gasteiger partial charge in [-0.05, 0) is 65.2 Å². The van der Waals surface area contributed by atoms with Crippen LogP contribution in [0.5, 0.6) is 0 Å². The Hall–Kier alpha value is -3.29. The Morgan fingerprint density at radius 1 is 0.971 bits per heavy atom. The second-order valence-corrected chi connectivity index (χ2v) is 10.4. The Morgan fingerprint density at radius 2 is 1.62 bits per heavy atom. The first-order chi connectivity index (χ1) is 15.9. The molecular weight excluding hydrogens is 430 g/mol. The van der Waals surface area contributed by atoms with Crippen molar-refractivity contribution in [3.63, 3.8) is 0 Å². The highest BCUT2D eigenvalue weighted by atomic mass is 16.6. The summed E-state index contributed by atoms with van der Waals surface area (Å²) in [7, 11) is 0. The average molecular weight is 468 g/mol. The molecule has 0 spiro atoms. The lowest BCUT2D eigenvalue weighted by atomic mass is 9.90. The van der Waals surface area contributed by atoms with Gasteiger partial charge in [-0.2, -0.15) is 0 Å². The minimum Gasteiger partial charge on any atom is -0.444 e. The molecule has 8 heteroatoms. The zero-order valence-corrected chi connectivity index (χ0v) is 20.8. The number of nitrogens with zero attached hydrogens (tertiary/aromatic N) is 1. The van der Waals surface area contributed by atoms with Crippen LogP contribution in [0.1, 0.15) is 76.2 Å². The van der Waals surface area contributed by atoms with Gasteiger partial charge in [0, 0.05) is 6.04 Å². The molecule has 2 aromatic rings. The Morgan fingerprint density at radius 3 is 2.24 bits per heavy atom. The van der Waals surface area contributed by atoms with Crippen LogP contribution in [0.2, 0.25) is 0 Å². The molecule has 1 saturated carbocycles. The Labute approximate surface area is 202 Å². The highest BCUT2D eigenvalue weighted by Crippen LogP contribution is 2.25. The number of aromatic nitrogens is 1. The fourth-order valence-corrected chi connectivity index (χ4v) is 4.15. The van der Waals surface area contributed by atoms with Crippen LogP contribution in [0, 0.1) is 0 Å². The van der Waals surface area contributed by atoms with Gasteiger partial charge in [0.1, 0.15) is 17.2 Å². The highest BCUT2D eigenvalue weighted by molar-refractivity contribution is 5.99. The van der Waals surface area contributed by atoms with Crippen molar-refractivity contribution in [1.82, 2.24) is 15.6 Å². The number of carbonyl (C=O) groups excluding carboxylic acids is 2. The van der Waals surface area contributed by atoms with Crippen molar-refractivity contribution < 1.29 is 14.3 Å². The summed E-state index contributed by atoms with van der Waals surface area (Å²) < 4.78 is 5.41. The fraction of sp³-hybridized carbons (Fsp3) is 0.500. The van der Waals surface area contributed by atoms with Gasteiger partial charge in [0.25, 0.3) is 5.91 Å². The number of benzene rings is 1. The number of nitrogens with two attached hydrogens (primary N) is 1. The topological polar surface area (TPSA) is 118 Å². The number of ether oxygens (including phenoxy) is 1. The predicted molar refractivity (Wildman–Crippen MR) is 135 cm³/mol. The number of carbonyl (C=O) groups is 2. The molecule has 0 aliphatic heterocycles. The Balaban J connectivity index is 1.66. The lowest BCUT2D eigenvalue weighted by molar-refractivity contribution is 0.0488. The molecule has 3 rings (SSSR count). The molecular formula is C26H37N5O3. The van der Waals surface area contributed by atoms with E-state index in [9.17, 15) is 9.59 Å². The maximum atomic E-state index is 12.9. The molecule has 1 fully saturated rings. The molecule has 0 bridgehead atoms. The van der Waals surface area contributed by atoms with E-state index in [1.807, 2.05) is 65.0 Å². The summed E-state index contributed by atoms with van der Waals surface area (Å²) in [5.74, 6) is 0.436. The van der Waals surface area contributed by atoms with Crippen LogP contribution in [0.25, 0.3) is 0 Å². The summed E-state index contributed by atoms with van der Waals surface area (Å²) in [5.41, 5.74) is 6.37. The number of nitrogen functional groups attached to an aromatic ring is 1. The monoisotopic (exact) mass is 467 g/mol. The number of rotatable bonds is 6. The summed E-state index contributed by atoms with van der Waals surface area (Å²) >= 11 is 0.